The molecule has 0 spiro atoms. The molecule has 1 aliphatic carbocycles. The van der Waals surface area contributed by atoms with Crippen molar-refractivity contribution in [3.8, 4) is 12.0 Å². The standard InChI is InChI=1S/C16H24N6O/c1-2-3-10-17-14-19-15(22-12-7-11-18-22)21-16(20-14)23-13-8-5-4-6-9-13/h7,11-13H,2-6,8-10H2,1H3,(H,17,19,20,21). The third-order valence-electron chi connectivity index (χ3n) is 3.95. The van der Waals surface area contributed by atoms with Gasteiger partial charge >= 0.3 is 6.01 Å². The number of nitrogens with zero attached hydrogens (tertiary/aromatic N) is 5. The van der Waals surface area contributed by atoms with Crippen LogP contribution < -0.4 is 10.1 Å². The van der Waals surface area contributed by atoms with Gasteiger partial charge in [0.2, 0.25) is 5.95 Å². The van der Waals surface area contributed by atoms with Gasteiger partial charge in [-0.1, -0.05) is 19.8 Å². The Balaban J connectivity index is 1.78. The summed E-state index contributed by atoms with van der Waals surface area (Å²) < 4.78 is 7.62. The minimum Gasteiger partial charge on any atom is -0.460 e. The lowest BCUT2D eigenvalue weighted by molar-refractivity contribution is 0.141. The lowest BCUT2D eigenvalue weighted by atomic mass is 9.98. The molecule has 124 valence electrons. The maximum atomic E-state index is 6.00. The summed E-state index contributed by atoms with van der Waals surface area (Å²) in [5, 5.41) is 7.43. The Morgan fingerprint density at radius 3 is 2.83 bits per heavy atom. The van der Waals surface area contributed by atoms with Gasteiger partial charge in [0.25, 0.3) is 5.95 Å². The van der Waals surface area contributed by atoms with Gasteiger partial charge in [-0.3, -0.25) is 0 Å². The average molecular weight is 316 g/mol. The van der Waals surface area contributed by atoms with Gasteiger partial charge in [-0.15, -0.1) is 0 Å². The number of ether oxygens (including phenoxy) is 1. The molecule has 0 unspecified atom stereocenters. The van der Waals surface area contributed by atoms with E-state index in [2.05, 4.69) is 32.3 Å². The van der Waals surface area contributed by atoms with Gasteiger partial charge in [0.05, 0.1) is 0 Å². The highest BCUT2D eigenvalue weighted by Crippen LogP contribution is 2.22. The Bertz CT molecular complexity index is 595. The van der Waals surface area contributed by atoms with Crippen molar-refractivity contribution in [2.45, 2.75) is 58.0 Å². The maximum absolute atomic E-state index is 6.00. The number of nitrogens with one attached hydrogen (secondary N) is 1. The highest BCUT2D eigenvalue weighted by molar-refractivity contribution is 5.30. The van der Waals surface area contributed by atoms with E-state index in [1.165, 1.54) is 19.3 Å². The molecule has 7 heteroatoms. The zero-order chi connectivity index (χ0) is 15.9. The molecule has 1 N–H and O–H groups in total. The number of unbranched alkanes of at least 4 members (excludes halogenated alkanes) is 1. The second-order valence-electron chi connectivity index (χ2n) is 5.85. The van der Waals surface area contributed by atoms with Gasteiger partial charge in [-0.2, -0.15) is 20.1 Å². The Morgan fingerprint density at radius 1 is 1.22 bits per heavy atom. The lowest BCUT2D eigenvalue weighted by Crippen LogP contribution is -2.22. The summed E-state index contributed by atoms with van der Waals surface area (Å²) in [4.78, 5) is 13.3. The molecule has 0 aromatic carbocycles. The predicted octanol–water partition coefficient (Wildman–Crippen LogP) is 2.98. The second kappa shape index (κ2) is 7.89. The van der Waals surface area contributed by atoms with Crippen molar-refractivity contribution >= 4 is 5.95 Å². The topological polar surface area (TPSA) is 77.8 Å². The first-order valence-corrected chi connectivity index (χ1v) is 8.52. The third kappa shape index (κ3) is 4.40. The van der Waals surface area contributed by atoms with E-state index in [-0.39, 0.29) is 6.10 Å². The molecule has 1 fully saturated rings. The first-order valence-electron chi connectivity index (χ1n) is 8.52. The van der Waals surface area contributed by atoms with Crippen LogP contribution in [0.3, 0.4) is 0 Å². The fourth-order valence-electron chi connectivity index (χ4n) is 2.68. The first kappa shape index (κ1) is 15.7. The zero-order valence-electron chi connectivity index (χ0n) is 13.6. The first-order chi connectivity index (χ1) is 11.3. The number of aromatic nitrogens is 5. The zero-order valence-corrected chi connectivity index (χ0v) is 13.6. The van der Waals surface area contributed by atoms with E-state index in [0.717, 1.165) is 32.2 Å². The summed E-state index contributed by atoms with van der Waals surface area (Å²) in [6.45, 7) is 2.99. The predicted molar refractivity (Wildman–Crippen MR) is 87.8 cm³/mol. The van der Waals surface area contributed by atoms with Crippen LogP contribution in [0.5, 0.6) is 6.01 Å². The van der Waals surface area contributed by atoms with Gasteiger partial charge in [0.15, 0.2) is 0 Å². The molecule has 0 atom stereocenters. The van der Waals surface area contributed by atoms with Crippen molar-refractivity contribution in [2.75, 3.05) is 11.9 Å². The summed E-state index contributed by atoms with van der Waals surface area (Å²) >= 11 is 0. The Kier molecular flexibility index (Phi) is 5.39. The Hall–Kier alpha value is -2.18. The molecule has 0 aliphatic heterocycles. The molecule has 2 aromatic heterocycles. The lowest BCUT2D eigenvalue weighted by Gasteiger charge is -2.22. The molecule has 7 nitrogen and oxygen atoms in total. The van der Waals surface area contributed by atoms with Gasteiger partial charge in [0.1, 0.15) is 6.10 Å². The van der Waals surface area contributed by atoms with E-state index in [9.17, 15) is 0 Å². The normalized spacial score (nSPS) is 15.5. The van der Waals surface area contributed by atoms with E-state index >= 15 is 0 Å². The van der Waals surface area contributed by atoms with E-state index in [4.69, 9.17) is 4.74 Å². The van der Waals surface area contributed by atoms with Crippen molar-refractivity contribution in [3.63, 3.8) is 0 Å². The summed E-state index contributed by atoms with van der Waals surface area (Å²) in [6.07, 6.45) is 11.8. The number of hydrogen-bond donors (Lipinski definition) is 1. The molecular weight excluding hydrogens is 292 g/mol. The molecule has 23 heavy (non-hydrogen) atoms. The largest absolute Gasteiger partial charge is 0.460 e. The highest BCUT2D eigenvalue weighted by Gasteiger charge is 2.18. The van der Waals surface area contributed by atoms with Crippen LogP contribution in [0.15, 0.2) is 18.5 Å². The SMILES string of the molecule is CCCCNc1nc(OC2CCCCC2)nc(-n2cccn2)n1. The molecule has 0 radical (unpaired) electrons. The summed E-state index contributed by atoms with van der Waals surface area (Å²) in [5.41, 5.74) is 0. The molecule has 1 aliphatic rings. The summed E-state index contributed by atoms with van der Waals surface area (Å²) in [7, 11) is 0. The fraction of sp³-hybridized carbons (Fsp3) is 0.625. The van der Waals surface area contributed by atoms with Crippen molar-refractivity contribution in [2.24, 2.45) is 0 Å². The highest BCUT2D eigenvalue weighted by atomic mass is 16.5. The molecule has 0 saturated heterocycles. The summed E-state index contributed by atoms with van der Waals surface area (Å²) in [5.74, 6) is 1.03. The van der Waals surface area contributed by atoms with Crippen molar-refractivity contribution < 1.29 is 4.74 Å². The monoisotopic (exact) mass is 316 g/mol. The minimum atomic E-state index is 0.208. The van der Waals surface area contributed by atoms with Gasteiger partial charge in [-0.05, 0) is 38.2 Å². The average Bonchev–Trinajstić information content (AvgIpc) is 3.10. The molecule has 2 heterocycles. The molecular formula is C16H24N6O. The van der Waals surface area contributed by atoms with Crippen LogP contribution in [0.25, 0.3) is 5.95 Å². The van der Waals surface area contributed by atoms with Gasteiger partial charge < -0.3 is 10.1 Å². The van der Waals surface area contributed by atoms with E-state index in [1.54, 1.807) is 10.9 Å². The van der Waals surface area contributed by atoms with Crippen molar-refractivity contribution in [3.05, 3.63) is 18.5 Å². The van der Waals surface area contributed by atoms with E-state index in [1.807, 2.05) is 12.3 Å². The van der Waals surface area contributed by atoms with Crippen molar-refractivity contribution in [1.29, 1.82) is 0 Å². The molecule has 2 aromatic rings. The molecule has 0 amide bonds. The van der Waals surface area contributed by atoms with Crippen molar-refractivity contribution in [1.82, 2.24) is 24.7 Å². The molecule has 0 bridgehead atoms. The number of anilines is 1. The number of hydrogen-bond acceptors (Lipinski definition) is 6. The third-order valence-corrected chi connectivity index (χ3v) is 3.95. The van der Waals surface area contributed by atoms with Crippen LogP contribution >= 0.6 is 0 Å². The van der Waals surface area contributed by atoms with Gasteiger partial charge in [-0.25, -0.2) is 4.68 Å². The van der Waals surface area contributed by atoms with Crippen LogP contribution in [-0.2, 0) is 0 Å². The Labute approximate surface area is 136 Å². The smallest absolute Gasteiger partial charge is 0.323 e. The summed E-state index contributed by atoms with van der Waals surface area (Å²) in [6, 6.07) is 2.23. The molecule has 3 rings (SSSR count). The number of rotatable bonds is 7. The van der Waals surface area contributed by atoms with Crippen LogP contribution in [0.4, 0.5) is 5.95 Å². The van der Waals surface area contributed by atoms with Crippen LogP contribution in [0.1, 0.15) is 51.9 Å². The van der Waals surface area contributed by atoms with Gasteiger partial charge in [0, 0.05) is 18.9 Å². The van der Waals surface area contributed by atoms with E-state index in [0.29, 0.717) is 17.9 Å². The van der Waals surface area contributed by atoms with Crippen LogP contribution in [0.2, 0.25) is 0 Å². The van der Waals surface area contributed by atoms with Crippen LogP contribution in [0, 0.1) is 0 Å². The quantitative estimate of drug-likeness (QED) is 0.791. The maximum Gasteiger partial charge on any atom is 0.323 e. The second-order valence-corrected chi connectivity index (χ2v) is 5.85. The fourth-order valence-corrected chi connectivity index (χ4v) is 2.68. The van der Waals surface area contributed by atoms with Crippen LogP contribution in [-0.4, -0.2) is 37.4 Å². The molecule has 1 saturated carbocycles. The Morgan fingerprint density at radius 2 is 2.09 bits per heavy atom. The minimum absolute atomic E-state index is 0.208. The van der Waals surface area contributed by atoms with E-state index < -0.39 is 0 Å².